The fourth-order valence-electron chi connectivity index (χ4n) is 4.22. The molecule has 4 heteroatoms. The van der Waals surface area contributed by atoms with Gasteiger partial charge in [-0.25, -0.2) is 0 Å². The lowest BCUT2D eigenvalue weighted by atomic mass is 9.86. The van der Waals surface area contributed by atoms with E-state index in [1.165, 1.54) is 54.3 Å². The highest BCUT2D eigenvalue weighted by molar-refractivity contribution is 6.07. The van der Waals surface area contributed by atoms with Crippen molar-refractivity contribution in [3.8, 4) is 5.75 Å². The number of fused-ring (bicyclic) bond motifs is 6. The van der Waals surface area contributed by atoms with Crippen LogP contribution in [0.15, 0.2) is 54.2 Å². The molecule has 0 radical (unpaired) electrons. The van der Waals surface area contributed by atoms with E-state index >= 15 is 0 Å². The number of allylic oxidation sites excluding steroid dienone is 1. The van der Waals surface area contributed by atoms with Gasteiger partial charge in [0.05, 0.1) is 5.52 Å². The third-order valence-electron chi connectivity index (χ3n) is 5.57. The molecule has 3 fully saturated rings. The van der Waals surface area contributed by atoms with E-state index in [1.54, 1.807) is 0 Å². The maximum atomic E-state index is 6.00. The quantitative estimate of drug-likeness (QED) is 0.707. The maximum Gasteiger partial charge on any atom is 0.121 e. The summed E-state index contributed by atoms with van der Waals surface area (Å²) in [6.45, 7) is 3.12. The zero-order valence-corrected chi connectivity index (χ0v) is 15.0. The van der Waals surface area contributed by atoms with Gasteiger partial charge in [0.2, 0.25) is 0 Å². The number of nitrogens with zero attached hydrogens (tertiary/aromatic N) is 1. The topological polar surface area (TPSA) is 28.3 Å². The molecule has 2 bridgehead atoms. The van der Waals surface area contributed by atoms with Gasteiger partial charge in [0.1, 0.15) is 12.4 Å². The van der Waals surface area contributed by atoms with Gasteiger partial charge in [0.25, 0.3) is 0 Å². The summed E-state index contributed by atoms with van der Waals surface area (Å²) in [6, 6.07) is 14.8. The number of ether oxygens (including phenoxy) is 1. The van der Waals surface area contributed by atoms with Gasteiger partial charge in [-0.05, 0) is 49.5 Å². The number of halogens is 1. The zero-order chi connectivity index (χ0) is 15.9. The highest BCUT2D eigenvalue weighted by Gasteiger charge is 2.28. The van der Waals surface area contributed by atoms with Crippen molar-refractivity contribution in [1.82, 2.24) is 9.88 Å². The summed E-state index contributed by atoms with van der Waals surface area (Å²) in [4.78, 5) is 6.01. The Labute approximate surface area is 154 Å². The molecule has 2 aromatic carbocycles. The van der Waals surface area contributed by atoms with Gasteiger partial charge in [0.15, 0.2) is 0 Å². The average molecular weight is 355 g/mol. The molecule has 0 spiro atoms. The molecular weight excluding hydrogens is 332 g/mol. The molecule has 130 valence electrons. The molecular formula is C21H23ClN2O. The molecule has 3 saturated heterocycles. The van der Waals surface area contributed by atoms with E-state index < -0.39 is 0 Å². The van der Waals surface area contributed by atoms with Crippen LogP contribution in [-0.2, 0) is 0 Å². The summed E-state index contributed by atoms with van der Waals surface area (Å²) in [6.07, 6.45) is 6.26. The lowest BCUT2D eigenvalue weighted by Crippen LogP contribution is -2.39. The van der Waals surface area contributed by atoms with E-state index in [0.29, 0.717) is 6.61 Å². The molecule has 3 aliphatic rings. The fraction of sp³-hybridized carbons (Fsp3) is 0.333. The van der Waals surface area contributed by atoms with Crippen LogP contribution in [0.5, 0.6) is 5.75 Å². The predicted molar refractivity (Wildman–Crippen MR) is 106 cm³/mol. The molecule has 0 saturated carbocycles. The predicted octanol–water partition coefficient (Wildman–Crippen LogP) is 5.12. The summed E-state index contributed by atoms with van der Waals surface area (Å²) in [7, 11) is 0. The van der Waals surface area contributed by atoms with Gasteiger partial charge < -0.3 is 14.6 Å². The number of benzene rings is 2. The molecule has 4 heterocycles. The number of H-pyrrole nitrogens is 1. The molecule has 0 aliphatic carbocycles. The van der Waals surface area contributed by atoms with Crippen LogP contribution in [0.3, 0.4) is 0 Å². The number of nitrogens with one attached hydrogen (secondary N) is 1. The van der Waals surface area contributed by atoms with Crippen molar-refractivity contribution >= 4 is 34.2 Å². The van der Waals surface area contributed by atoms with Crippen LogP contribution in [0.2, 0.25) is 0 Å². The number of aromatic nitrogens is 1. The Kier molecular flexibility index (Phi) is 4.34. The number of piperidine rings is 3. The van der Waals surface area contributed by atoms with Gasteiger partial charge in [-0.2, -0.15) is 0 Å². The van der Waals surface area contributed by atoms with E-state index in [4.69, 9.17) is 4.74 Å². The highest BCUT2D eigenvalue weighted by Crippen LogP contribution is 2.34. The Morgan fingerprint density at radius 3 is 2.64 bits per heavy atom. The summed E-state index contributed by atoms with van der Waals surface area (Å²) < 4.78 is 6.00. The Morgan fingerprint density at radius 1 is 1.04 bits per heavy atom. The second-order valence-corrected chi connectivity index (χ2v) is 7.02. The minimum Gasteiger partial charge on any atom is -0.489 e. The van der Waals surface area contributed by atoms with E-state index in [-0.39, 0.29) is 12.4 Å². The molecule has 0 unspecified atom stereocenters. The van der Waals surface area contributed by atoms with E-state index in [2.05, 4.69) is 58.4 Å². The molecule has 1 aromatic heterocycles. The minimum atomic E-state index is 0. The average Bonchev–Trinajstić information content (AvgIpc) is 3.00. The SMILES string of the molecule is C(COc1ccc2c(c1)[nH]c1ccccc12)=C1CC2CCN1CC2.Cl. The first kappa shape index (κ1) is 16.3. The van der Waals surface area contributed by atoms with Crippen molar-refractivity contribution in [2.75, 3.05) is 19.7 Å². The van der Waals surface area contributed by atoms with Gasteiger partial charge in [-0.15, -0.1) is 12.4 Å². The third-order valence-corrected chi connectivity index (χ3v) is 5.57. The molecule has 3 nitrogen and oxygen atoms in total. The molecule has 25 heavy (non-hydrogen) atoms. The highest BCUT2D eigenvalue weighted by atomic mass is 35.5. The van der Waals surface area contributed by atoms with Crippen molar-refractivity contribution in [3.63, 3.8) is 0 Å². The van der Waals surface area contributed by atoms with Crippen molar-refractivity contribution in [3.05, 3.63) is 54.2 Å². The van der Waals surface area contributed by atoms with Crippen molar-refractivity contribution < 1.29 is 4.74 Å². The third kappa shape index (κ3) is 2.98. The van der Waals surface area contributed by atoms with Gasteiger partial charge in [0, 0.05) is 41.1 Å². The molecule has 0 amide bonds. The fourth-order valence-corrected chi connectivity index (χ4v) is 4.22. The van der Waals surface area contributed by atoms with Gasteiger partial charge >= 0.3 is 0 Å². The molecule has 6 rings (SSSR count). The number of aromatic amines is 1. The summed E-state index contributed by atoms with van der Waals surface area (Å²) in [5.74, 6) is 1.84. The van der Waals surface area contributed by atoms with Crippen molar-refractivity contribution in [2.24, 2.45) is 5.92 Å². The largest absolute Gasteiger partial charge is 0.489 e. The zero-order valence-electron chi connectivity index (χ0n) is 14.2. The van der Waals surface area contributed by atoms with Crippen LogP contribution >= 0.6 is 12.4 Å². The lowest BCUT2D eigenvalue weighted by molar-refractivity contribution is 0.158. The first-order chi connectivity index (χ1) is 11.9. The number of rotatable bonds is 3. The smallest absolute Gasteiger partial charge is 0.121 e. The maximum absolute atomic E-state index is 6.00. The normalized spacial score (nSPS) is 18.9. The van der Waals surface area contributed by atoms with Crippen LogP contribution in [0.4, 0.5) is 0 Å². The Hall–Kier alpha value is -2.13. The number of hydrogen-bond donors (Lipinski definition) is 1. The van der Waals surface area contributed by atoms with Gasteiger partial charge in [-0.3, -0.25) is 0 Å². The number of para-hydroxylation sites is 1. The molecule has 3 aliphatic heterocycles. The first-order valence-electron chi connectivity index (χ1n) is 8.94. The van der Waals surface area contributed by atoms with E-state index in [0.717, 1.165) is 17.2 Å². The van der Waals surface area contributed by atoms with Crippen LogP contribution in [-0.4, -0.2) is 29.6 Å². The molecule has 0 atom stereocenters. The van der Waals surface area contributed by atoms with Crippen LogP contribution < -0.4 is 4.74 Å². The Morgan fingerprint density at radius 2 is 1.84 bits per heavy atom. The van der Waals surface area contributed by atoms with E-state index in [9.17, 15) is 0 Å². The van der Waals surface area contributed by atoms with Crippen LogP contribution in [0.25, 0.3) is 21.8 Å². The van der Waals surface area contributed by atoms with E-state index in [1.807, 2.05) is 0 Å². The van der Waals surface area contributed by atoms with Crippen LogP contribution in [0, 0.1) is 5.92 Å². The summed E-state index contributed by atoms with van der Waals surface area (Å²) in [5, 5.41) is 2.53. The standard InChI is InChI=1S/C21H22N2O.ClH/c1-2-4-20-18(3-1)19-6-5-17(14-21(19)22-20)24-12-9-16-13-15-7-10-23(16)11-8-15;/h1-6,9,14-15,22H,7-8,10-13H2;1H. The second kappa shape index (κ2) is 6.64. The van der Waals surface area contributed by atoms with Crippen LogP contribution in [0.1, 0.15) is 19.3 Å². The lowest BCUT2D eigenvalue weighted by Gasteiger charge is -2.42. The molecule has 3 aromatic rings. The first-order valence-corrected chi connectivity index (χ1v) is 8.94. The van der Waals surface area contributed by atoms with Crippen molar-refractivity contribution in [1.29, 1.82) is 0 Å². The second-order valence-electron chi connectivity index (χ2n) is 7.02. The van der Waals surface area contributed by atoms with Gasteiger partial charge in [-0.1, -0.05) is 18.2 Å². The Balaban J connectivity index is 0.00000157. The minimum absolute atomic E-state index is 0. The summed E-state index contributed by atoms with van der Waals surface area (Å²) in [5.41, 5.74) is 3.81. The summed E-state index contributed by atoms with van der Waals surface area (Å²) >= 11 is 0. The molecule has 1 N–H and O–H groups in total. The van der Waals surface area contributed by atoms with Crippen molar-refractivity contribution in [2.45, 2.75) is 19.3 Å². The number of hydrogen-bond acceptors (Lipinski definition) is 2. The monoisotopic (exact) mass is 354 g/mol. The Bertz CT molecular complexity index is 922.